The Bertz CT molecular complexity index is 2010. The molecule has 16 atom stereocenters. The number of cyclic esters (lactones) is 1. The van der Waals surface area contributed by atoms with Crippen molar-refractivity contribution in [2.75, 3.05) is 41.3 Å². The average molecular weight is 986 g/mol. The lowest BCUT2D eigenvalue weighted by molar-refractivity contribution is -0.344. The number of benzene rings is 1. The van der Waals surface area contributed by atoms with E-state index >= 15 is 0 Å². The maximum Gasteiger partial charge on any atom is 0.310 e. The number of likely N-dealkylation sites (N-methyl/N-ethyl adjacent to an activating group) is 2. The summed E-state index contributed by atoms with van der Waals surface area (Å²) in [5.74, 6) is -2.85. The Morgan fingerprint density at radius 2 is 1.70 bits per heavy atom. The van der Waals surface area contributed by atoms with Crippen molar-refractivity contribution in [2.24, 2.45) is 11.8 Å². The van der Waals surface area contributed by atoms with Crippen LogP contribution >= 0.6 is 0 Å². The number of nitrogens with zero attached hydrogens (tertiary/aromatic N) is 3. The molecule has 18 nitrogen and oxygen atoms in total. The largest absolute Gasteiger partial charge is 0.459 e. The highest BCUT2D eigenvalue weighted by Gasteiger charge is 2.53. The zero-order valence-electron chi connectivity index (χ0n) is 42.7. The van der Waals surface area contributed by atoms with Gasteiger partial charge < -0.3 is 67.8 Å². The van der Waals surface area contributed by atoms with Gasteiger partial charge in [-0.1, -0.05) is 45.0 Å². The number of aldehydes is 1. The lowest BCUT2D eigenvalue weighted by Gasteiger charge is -2.50. The highest BCUT2D eigenvalue weighted by Crippen LogP contribution is 2.38. The van der Waals surface area contributed by atoms with E-state index in [-0.39, 0.29) is 38.6 Å². The number of fused-ring (bicyclic) bond motifs is 1. The van der Waals surface area contributed by atoms with Crippen molar-refractivity contribution in [2.45, 2.75) is 185 Å². The highest BCUT2D eigenvalue weighted by molar-refractivity contribution is 5.81. The Morgan fingerprint density at radius 1 is 0.986 bits per heavy atom. The summed E-state index contributed by atoms with van der Waals surface area (Å²) in [4.78, 5) is 60.4. The first kappa shape index (κ1) is 57.0. The molecule has 4 heterocycles. The van der Waals surface area contributed by atoms with E-state index < -0.39 is 121 Å². The second kappa shape index (κ2) is 26.7. The molecule has 0 aliphatic carbocycles. The fourth-order valence-corrected chi connectivity index (χ4v) is 10.0. The van der Waals surface area contributed by atoms with Crippen LogP contribution in [-0.4, -0.2) is 181 Å². The number of carbonyl (C=O) groups is 4. The van der Waals surface area contributed by atoms with Crippen LogP contribution in [0.15, 0.2) is 48.7 Å². The monoisotopic (exact) mass is 986 g/mol. The van der Waals surface area contributed by atoms with E-state index in [1.54, 1.807) is 59.8 Å². The molecule has 2 saturated heterocycles. The summed E-state index contributed by atoms with van der Waals surface area (Å²) in [5.41, 5.74) is 0.512. The van der Waals surface area contributed by atoms with Crippen LogP contribution in [0, 0.1) is 11.8 Å². The summed E-state index contributed by atoms with van der Waals surface area (Å²) in [6.07, 6.45) is -4.32. The van der Waals surface area contributed by atoms with Gasteiger partial charge in [0, 0.05) is 57.5 Å². The number of pyridine rings is 1. The molecule has 18 heteroatoms. The smallest absolute Gasteiger partial charge is 0.310 e. The fourth-order valence-electron chi connectivity index (χ4n) is 10.0. The Morgan fingerprint density at radius 3 is 2.37 bits per heavy atom. The molecule has 0 saturated carbocycles. The van der Waals surface area contributed by atoms with Crippen LogP contribution in [0.2, 0.25) is 0 Å². The van der Waals surface area contributed by atoms with Gasteiger partial charge >= 0.3 is 17.9 Å². The van der Waals surface area contributed by atoms with Gasteiger partial charge in [0.2, 0.25) is 0 Å². The number of para-hydroxylation sites is 1. The van der Waals surface area contributed by atoms with E-state index in [1.165, 1.54) is 7.11 Å². The standard InChI is InChI=1S/C52H79N3O15/c1-11-41(58)67-40-28-43(60)66-36(18-15-17-34-22-24-53-38-21-14-13-20-37(34)38)19-16-25-55(9)30-39(57)31(3)27-35(23-26-56)48(49(40)63-10)70-51-46(61)45(54(7)8)47(32(4)65-51)69-44-29-52(6,62)50(33(5)64-44)68-42(59)12-2/h13-14,16,19-22,24,26,31-33,35-36,39-40,44-51,57,61-62H,11-12,15,17-18,23,25,27-30H2,1-10H3/b19-16+/t31-,32?,33?,35+,36+,39+,40-,44+,45?,46?,47+,48+,49+,50+,51+,52?/m1/s1. The molecule has 0 radical (unpaired) electrons. The summed E-state index contributed by atoms with van der Waals surface area (Å²) in [6, 6.07) is 9.12. The molecule has 0 spiro atoms. The van der Waals surface area contributed by atoms with Gasteiger partial charge in [0.15, 0.2) is 18.7 Å². The minimum atomic E-state index is -1.51. The van der Waals surface area contributed by atoms with Crippen LogP contribution in [0.1, 0.15) is 98.5 Å². The molecule has 2 aromatic rings. The number of rotatable bonds is 16. The number of carbonyl (C=O) groups excluding carboxylic acids is 4. The van der Waals surface area contributed by atoms with Gasteiger partial charge in [0.1, 0.15) is 42.4 Å². The van der Waals surface area contributed by atoms with Crippen LogP contribution in [0.3, 0.4) is 0 Å². The number of hydrogen-bond acceptors (Lipinski definition) is 18. The lowest BCUT2D eigenvalue weighted by atomic mass is 9.82. The van der Waals surface area contributed by atoms with Crippen molar-refractivity contribution >= 4 is 35.1 Å². The number of aliphatic hydroxyl groups excluding tert-OH is 2. The van der Waals surface area contributed by atoms with Crippen LogP contribution in [0.25, 0.3) is 10.9 Å². The first-order chi connectivity index (χ1) is 33.3. The van der Waals surface area contributed by atoms with Crippen molar-refractivity contribution in [3.8, 4) is 0 Å². The zero-order valence-corrected chi connectivity index (χ0v) is 42.7. The molecular weight excluding hydrogens is 907 g/mol. The van der Waals surface area contributed by atoms with E-state index in [4.69, 9.17) is 37.9 Å². The van der Waals surface area contributed by atoms with Crippen LogP contribution in [0.5, 0.6) is 0 Å². The van der Waals surface area contributed by atoms with Crippen LogP contribution in [0.4, 0.5) is 0 Å². The predicted octanol–water partition coefficient (Wildman–Crippen LogP) is 4.30. The minimum Gasteiger partial charge on any atom is -0.459 e. The maximum absolute atomic E-state index is 14.2. The fraction of sp³-hybridized carbons (Fsp3) is 0.712. The normalized spacial score (nSPS) is 35.7. The number of β-amino-alcohol motifs (C(OH)–C–C–N with tert-alkyl or cyclic N) is 1. The molecular formula is C52H79N3O15. The van der Waals surface area contributed by atoms with E-state index in [0.717, 1.165) is 22.8 Å². The molecule has 5 rings (SSSR count). The lowest BCUT2D eigenvalue weighted by Crippen LogP contribution is -2.66. The molecule has 3 N–H and O–H groups in total. The third-order valence-electron chi connectivity index (χ3n) is 13.8. The number of methoxy groups -OCH3 is 1. The van der Waals surface area contributed by atoms with Crippen molar-refractivity contribution in [1.29, 1.82) is 0 Å². The number of hydrogen-bond donors (Lipinski definition) is 3. The van der Waals surface area contributed by atoms with Gasteiger partial charge in [-0.25, -0.2) is 0 Å². The SMILES string of the molecule is CCC(=O)O[C@@H]1CC(=O)O[C@@H](CCCc2ccnc3ccccc23)/C=C/CN(C)C[C@H](O)[C@H](C)C[C@H](CC=O)[C@H](O[C@@H]2OC(C)[C@H](O[C@H]3CC(C)(O)[C@@H](OC(=O)CC)C(C)O3)C(N(C)C)C2O)[C@H]1OC. The molecule has 1 aromatic heterocycles. The van der Waals surface area contributed by atoms with Crippen molar-refractivity contribution in [3.63, 3.8) is 0 Å². The first-order valence-corrected chi connectivity index (χ1v) is 24.9. The number of aryl methyl sites for hydroxylation is 1. The van der Waals surface area contributed by atoms with E-state index in [0.29, 0.717) is 25.8 Å². The summed E-state index contributed by atoms with van der Waals surface area (Å²) < 4.78 is 49.8. The van der Waals surface area contributed by atoms with Crippen molar-refractivity contribution in [3.05, 3.63) is 54.2 Å². The van der Waals surface area contributed by atoms with E-state index in [2.05, 4.69) is 4.98 Å². The van der Waals surface area contributed by atoms with Gasteiger partial charge in [-0.05, 0) is 103 Å². The average Bonchev–Trinajstić information content (AvgIpc) is 3.30. The summed E-state index contributed by atoms with van der Waals surface area (Å²) in [7, 11) is 6.79. The third-order valence-corrected chi connectivity index (χ3v) is 13.8. The van der Waals surface area contributed by atoms with E-state index in [1.807, 2.05) is 61.4 Å². The van der Waals surface area contributed by atoms with Gasteiger partial charge in [-0.15, -0.1) is 0 Å². The van der Waals surface area contributed by atoms with Gasteiger partial charge in [-0.2, -0.15) is 0 Å². The highest BCUT2D eigenvalue weighted by atomic mass is 16.7. The Balaban J connectivity index is 1.44. The Labute approximate surface area is 413 Å². The molecule has 0 amide bonds. The summed E-state index contributed by atoms with van der Waals surface area (Å²) in [5, 5.41) is 36.4. The molecule has 70 heavy (non-hydrogen) atoms. The topological polar surface area (TPSA) is 222 Å². The molecule has 2 fully saturated rings. The van der Waals surface area contributed by atoms with E-state index in [9.17, 15) is 34.5 Å². The molecule has 3 aliphatic rings. The molecule has 392 valence electrons. The van der Waals surface area contributed by atoms with Crippen LogP contribution < -0.4 is 0 Å². The summed E-state index contributed by atoms with van der Waals surface area (Å²) >= 11 is 0. The molecule has 0 bridgehead atoms. The minimum absolute atomic E-state index is 0.0194. The van der Waals surface area contributed by atoms with Crippen molar-refractivity contribution in [1.82, 2.24) is 14.8 Å². The first-order valence-electron chi connectivity index (χ1n) is 24.9. The summed E-state index contributed by atoms with van der Waals surface area (Å²) in [6.45, 7) is 10.9. The molecule has 1 aromatic carbocycles. The maximum atomic E-state index is 14.2. The van der Waals surface area contributed by atoms with Gasteiger partial charge in [-0.3, -0.25) is 19.4 Å². The second-order valence-electron chi connectivity index (χ2n) is 19.7. The predicted molar refractivity (Wildman–Crippen MR) is 258 cm³/mol. The quantitative estimate of drug-likeness (QED) is 0.0923. The van der Waals surface area contributed by atoms with Crippen LogP contribution in [-0.2, 0) is 63.5 Å². The molecule has 3 aliphatic heterocycles. The Kier molecular flexibility index (Phi) is 21.7. The number of esters is 3. The van der Waals surface area contributed by atoms with Gasteiger partial charge in [0.25, 0.3) is 0 Å². The second-order valence-corrected chi connectivity index (χ2v) is 19.7. The van der Waals surface area contributed by atoms with Crippen molar-refractivity contribution < 1.29 is 72.4 Å². The Hall–Kier alpha value is -3.95. The third kappa shape index (κ3) is 15.3. The number of ether oxygens (including phenoxy) is 8. The molecule has 5 unspecified atom stereocenters. The zero-order chi connectivity index (χ0) is 51.3. The number of aromatic nitrogens is 1. The van der Waals surface area contributed by atoms with Gasteiger partial charge in [0.05, 0.1) is 42.4 Å². The number of aliphatic hydroxyl groups is 3.